The first-order chi connectivity index (χ1) is 10.00. The van der Waals surface area contributed by atoms with E-state index in [1.807, 2.05) is 0 Å². The molecule has 1 aliphatic heterocycles. The highest BCUT2D eigenvalue weighted by Crippen LogP contribution is 2.12. The van der Waals surface area contributed by atoms with E-state index < -0.39 is 16.0 Å². The van der Waals surface area contributed by atoms with Crippen molar-refractivity contribution in [3.8, 4) is 0 Å². The smallest absolute Gasteiger partial charge is 0.337 e. The number of methoxy groups -OCH3 is 1. The van der Waals surface area contributed by atoms with Crippen LogP contribution in [0.15, 0.2) is 24.3 Å². The lowest BCUT2D eigenvalue weighted by atomic mass is 10.1. The quantitative estimate of drug-likeness (QED) is 0.795. The van der Waals surface area contributed by atoms with Crippen molar-refractivity contribution in [2.24, 2.45) is 0 Å². The van der Waals surface area contributed by atoms with Gasteiger partial charge in [0.15, 0.2) is 0 Å². The number of nitrogens with one attached hydrogen (secondary N) is 1. The van der Waals surface area contributed by atoms with Crippen LogP contribution in [-0.4, -0.2) is 40.8 Å². The summed E-state index contributed by atoms with van der Waals surface area (Å²) < 4.78 is 36.5. The second kappa shape index (κ2) is 7.02. The zero-order chi connectivity index (χ0) is 15.3. The van der Waals surface area contributed by atoms with Gasteiger partial charge in [0, 0.05) is 13.2 Å². The Morgan fingerprint density at radius 3 is 2.67 bits per heavy atom. The Kier molecular flexibility index (Phi) is 5.33. The third-order valence-electron chi connectivity index (χ3n) is 3.29. The molecule has 2 rings (SSSR count). The van der Waals surface area contributed by atoms with Crippen LogP contribution in [0.25, 0.3) is 0 Å². The number of hydrogen-bond donors (Lipinski definition) is 1. The Morgan fingerprint density at radius 1 is 1.38 bits per heavy atom. The standard InChI is InChI=1S/C14H19NO5S/c1-19-14(16)12-6-4-11(5-7-12)10-21(17,18)15-9-13-3-2-8-20-13/h4-7,13,15H,2-3,8-10H2,1H3/t13-/m0/s1. The molecule has 1 atom stereocenters. The first-order valence-electron chi connectivity index (χ1n) is 6.76. The van der Waals surface area contributed by atoms with Gasteiger partial charge in [0.1, 0.15) is 0 Å². The number of carbonyl (C=O) groups is 1. The molecule has 0 aromatic heterocycles. The van der Waals surface area contributed by atoms with Gasteiger partial charge in [-0.2, -0.15) is 0 Å². The largest absolute Gasteiger partial charge is 0.465 e. The van der Waals surface area contributed by atoms with Gasteiger partial charge in [-0.1, -0.05) is 12.1 Å². The van der Waals surface area contributed by atoms with Crippen LogP contribution >= 0.6 is 0 Å². The van der Waals surface area contributed by atoms with Gasteiger partial charge in [-0.05, 0) is 30.5 Å². The summed E-state index contributed by atoms with van der Waals surface area (Å²) in [6.07, 6.45) is 1.83. The molecular weight excluding hydrogens is 294 g/mol. The number of ether oxygens (including phenoxy) is 2. The fourth-order valence-electron chi connectivity index (χ4n) is 2.15. The van der Waals surface area contributed by atoms with Crippen LogP contribution in [-0.2, 0) is 25.2 Å². The van der Waals surface area contributed by atoms with Gasteiger partial charge in [0.2, 0.25) is 10.0 Å². The Labute approximate surface area is 124 Å². The van der Waals surface area contributed by atoms with Crippen LogP contribution in [0.4, 0.5) is 0 Å². The van der Waals surface area contributed by atoms with Crippen molar-refractivity contribution in [1.29, 1.82) is 0 Å². The van der Waals surface area contributed by atoms with E-state index in [0.717, 1.165) is 12.8 Å². The summed E-state index contributed by atoms with van der Waals surface area (Å²) in [5.41, 5.74) is 1.01. The maximum absolute atomic E-state index is 12.0. The predicted molar refractivity (Wildman–Crippen MR) is 77.4 cm³/mol. The van der Waals surface area contributed by atoms with Gasteiger partial charge in [-0.15, -0.1) is 0 Å². The van der Waals surface area contributed by atoms with Crippen molar-refractivity contribution in [3.05, 3.63) is 35.4 Å². The molecule has 0 aliphatic carbocycles. The molecule has 1 aromatic carbocycles. The van der Waals surface area contributed by atoms with Crippen LogP contribution in [0, 0.1) is 0 Å². The summed E-state index contributed by atoms with van der Waals surface area (Å²) in [7, 11) is -2.11. The summed E-state index contributed by atoms with van der Waals surface area (Å²) in [5.74, 6) is -0.567. The second-order valence-electron chi connectivity index (χ2n) is 4.93. The Bertz CT molecular complexity index is 576. The molecule has 0 bridgehead atoms. The van der Waals surface area contributed by atoms with Gasteiger partial charge in [-0.25, -0.2) is 17.9 Å². The number of sulfonamides is 1. The van der Waals surface area contributed by atoms with E-state index in [1.54, 1.807) is 24.3 Å². The highest BCUT2D eigenvalue weighted by molar-refractivity contribution is 7.88. The minimum absolute atomic E-state index is 0.0264. The molecule has 0 radical (unpaired) electrons. The maximum atomic E-state index is 12.0. The van der Waals surface area contributed by atoms with Crippen LogP contribution < -0.4 is 4.72 Å². The zero-order valence-corrected chi connectivity index (χ0v) is 12.7. The normalized spacial score (nSPS) is 18.6. The molecule has 1 aliphatic rings. The molecule has 6 nitrogen and oxygen atoms in total. The summed E-state index contributed by atoms with van der Waals surface area (Å²) >= 11 is 0. The fraction of sp³-hybridized carbons (Fsp3) is 0.500. The summed E-state index contributed by atoms with van der Waals surface area (Å²) in [4.78, 5) is 11.3. The number of carbonyl (C=O) groups excluding carboxylic acids is 1. The van der Waals surface area contributed by atoms with Crippen molar-refractivity contribution < 1.29 is 22.7 Å². The van der Waals surface area contributed by atoms with Crippen LogP contribution in [0.2, 0.25) is 0 Å². The highest BCUT2D eigenvalue weighted by atomic mass is 32.2. The molecule has 1 aromatic rings. The molecule has 0 saturated carbocycles. The van der Waals surface area contributed by atoms with Gasteiger partial charge in [-0.3, -0.25) is 0 Å². The monoisotopic (exact) mass is 313 g/mol. The topological polar surface area (TPSA) is 81.7 Å². The molecule has 0 unspecified atom stereocenters. The number of esters is 1. The van der Waals surface area contributed by atoms with Crippen molar-refractivity contribution in [2.75, 3.05) is 20.3 Å². The van der Waals surface area contributed by atoms with Crippen molar-refractivity contribution in [3.63, 3.8) is 0 Å². The molecule has 1 heterocycles. The minimum Gasteiger partial charge on any atom is -0.465 e. The second-order valence-corrected chi connectivity index (χ2v) is 6.74. The lowest BCUT2D eigenvalue weighted by Gasteiger charge is -2.11. The van der Waals surface area contributed by atoms with Crippen LogP contribution in [0.3, 0.4) is 0 Å². The van der Waals surface area contributed by atoms with E-state index in [1.165, 1.54) is 7.11 Å². The Hall–Kier alpha value is -1.44. The summed E-state index contributed by atoms with van der Waals surface area (Å²) in [6.45, 7) is 1.00. The Morgan fingerprint density at radius 2 is 2.10 bits per heavy atom. The SMILES string of the molecule is COC(=O)c1ccc(CS(=O)(=O)NC[C@@H]2CCCO2)cc1. The molecule has 7 heteroatoms. The molecule has 1 N–H and O–H groups in total. The average Bonchev–Trinajstić information content (AvgIpc) is 2.98. The molecule has 116 valence electrons. The van der Waals surface area contributed by atoms with E-state index in [2.05, 4.69) is 9.46 Å². The maximum Gasteiger partial charge on any atom is 0.337 e. The Balaban J connectivity index is 1.91. The summed E-state index contributed by atoms with van der Waals surface area (Å²) in [6, 6.07) is 6.32. The third kappa shape index (κ3) is 4.80. The number of rotatable bonds is 6. The molecule has 1 fully saturated rings. The van der Waals surface area contributed by atoms with Crippen molar-refractivity contribution in [1.82, 2.24) is 4.72 Å². The average molecular weight is 313 g/mol. The predicted octanol–water partition coefficient (Wildman–Crippen LogP) is 1.07. The van der Waals surface area contributed by atoms with E-state index in [4.69, 9.17) is 4.74 Å². The van der Waals surface area contributed by atoms with Crippen molar-refractivity contribution >= 4 is 16.0 Å². The molecular formula is C14H19NO5S. The zero-order valence-electron chi connectivity index (χ0n) is 11.9. The number of benzene rings is 1. The van der Waals surface area contributed by atoms with Gasteiger partial charge in [0.05, 0.1) is 24.5 Å². The fourth-order valence-corrected chi connectivity index (χ4v) is 3.32. The van der Waals surface area contributed by atoms with E-state index >= 15 is 0 Å². The molecule has 21 heavy (non-hydrogen) atoms. The van der Waals surface area contributed by atoms with E-state index in [9.17, 15) is 13.2 Å². The van der Waals surface area contributed by atoms with E-state index in [0.29, 0.717) is 24.3 Å². The third-order valence-corrected chi connectivity index (χ3v) is 4.61. The van der Waals surface area contributed by atoms with Crippen LogP contribution in [0.1, 0.15) is 28.8 Å². The minimum atomic E-state index is -3.41. The lowest BCUT2D eigenvalue weighted by Crippen LogP contribution is -2.32. The van der Waals surface area contributed by atoms with E-state index in [-0.39, 0.29) is 11.9 Å². The molecule has 1 saturated heterocycles. The van der Waals surface area contributed by atoms with Gasteiger partial charge >= 0.3 is 5.97 Å². The molecule has 0 amide bonds. The number of hydrogen-bond acceptors (Lipinski definition) is 5. The highest BCUT2D eigenvalue weighted by Gasteiger charge is 2.19. The first kappa shape index (κ1) is 15.9. The molecule has 0 spiro atoms. The van der Waals surface area contributed by atoms with Crippen molar-refractivity contribution in [2.45, 2.75) is 24.7 Å². The lowest BCUT2D eigenvalue weighted by molar-refractivity contribution is 0.0600. The van der Waals surface area contributed by atoms with Crippen LogP contribution in [0.5, 0.6) is 0 Å². The van der Waals surface area contributed by atoms with Gasteiger partial charge in [0.25, 0.3) is 0 Å². The summed E-state index contributed by atoms with van der Waals surface area (Å²) in [5, 5.41) is 0. The van der Waals surface area contributed by atoms with Gasteiger partial charge < -0.3 is 9.47 Å². The first-order valence-corrected chi connectivity index (χ1v) is 8.41.